The van der Waals surface area contributed by atoms with Crippen LogP contribution in [0.3, 0.4) is 0 Å². The number of aromatic nitrogens is 1. The largest absolute Gasteiger partial charge is 0.481 e. The quantitative estimate of drug-likeness (QED) is 0.907. The van der Waals surface area contributed by atoms with E-state index >= 15 is 0 Å². The number of pyridine rings is 1. The number of benzene rings is 1. The summed E-state index contributed by atoms with van der Waals surface area (Å²) < 4.78 is 38.9. The number of nitrogens with two attached hydrogens (primary N) is 1. The van der Waals surface area contributed by atoms with E-state index in [-0.39, 0.29) is 11.9 Å². The number of amidine groups is 1. The van der Waals surface area contributed by atoms with Crippen LogP contribution in [0, 0.1) is 17.6 Å². The molecular weight excluding hydrogens is 328 g/mol. The Labute approximate surface area is 143 Å². The number of rotatable bonds is 2. The van der Waals surface area contributed by atoms with Crippen molar-refractivity contribution in [3.63, 3.8) is 0 Å². The molecule has 1 aliphatic heterocycles. The Morgan fingerprint density at radius 1 is 1.32 bits per heavy atom. The van der Waals surface area contributed by atoms with E-state index in [2.05, 4.69) is 9.98 Å². The second-order valence-electron chi connectivity index (χ2n) is 6.35. The molecule has 1 aromatic carbocycles. The molecule has 0 bridgehead atoms. The first-order chi connectivity index (χ1) is 12.0. The summed E-state index contributed by atoms with van der Waals surface area (Å²) in [7, 11) is 1.54. The van der Waals surface area contributed by atoms with Crippen LogP contribution in [0.15, 0.2) is 35.5 Å². The number of ether oxygens (including phenoxy) is 2. The maximum Gasteiger partial charge on any atom is 0.282 e. The Morgan fingerprint density at radius 2 is 2.16 bits per heavy atom. The van der Waals surface area contributed by atoms with E-state index in [0.717, 1.165) is 17.2 Å². The molecule has 0 amide bonds. The molecule has 2 heterocycles. The molecule has 5 nitrogen and oxygen atoms in total. The van der Waals surface area contributed by atoms with Crippen LogP contribution in [-0.2, 0) is 23.1 Å². The van der Waals surface area contributed by atoms with E-state index in [9.17, 15) is 8.78 Å². The molecule has 2 aliphatic rings. The van der Waals surface area contributed by atoms with Gasteiger partial charge in [0.2, 0.25) is 5.88 Å². The fourth-order valence-corrected chi connectivity index (χ4v) is 3.87. The summed E-state index contributed by atoms with van der Waals surface area (Å²) in [5, 5.41) is 0. The normalized spacial score (nSPS) is 24.6. The third kappa shape index (κ3) is 2.42. The van der Waals surface area contributed by atoms with Gasteiger partial charge in [0, 0.05) is 35.7 Å². The predicted octanol–water partition coefficient (Wildman–Crippen LogP) is 2.32. The van der Waals surface area contributed by atoms with Gasteiger partial charge in [-0.15, -0.1) is 0 Å². The van der Waals surface area contributed by atoms with Crippen molar-refractivity contribution in [2.24, 2.45) is 16.6 Å². The van der Waals surface area contributed by atoms with Crippen molar-refractivity contribution in [1.82, 2.24) is 4.98 Å². The highest BCUT2D eigenvalue weighted by atomic mass is 19.1. The fraction of sp³-hybridized carbons (Fsp3) is 0.333. The number of hydrogen-bond donors (Lipinski definition) is 1. The third-order valence-electron chi connectivity index (χ3n) is 5.03. The molecule has 0 fully saturated rings. The Bertz CT molecular complexity index is 871. The topological polar surface area (TPSA) is 69.7 Å². The number of aliphatic imine (C=N–C) groups is 1. The number of methoxy groups -OCH3 is 1. The zero-order valence-electron chi connectivity index (χ0n) is 13.6. The number of hydrogen-bond acceptors (Lipinski definition) is 5. The lowest BCUT2D eigenvalue weighted by Gasteiger charge is -2.44. The van der Waals surface area contributed by atoms with Crippen molar-refractivity contribution in [2.45, 2.75) is 18.4 Å². The number of nitrogens with zero attached hydrogens (tertiary/aromatic N) is 2. The van der Waals surface area contributed by atoms with Crippen molar-refractivity contribution >= 4 is 6.02 Å². The molecule has 0 radical (unpaired) electrons. The van der Waals surface area contributed by atoms with Crippen molar-refractivity contribution in [1.29, 1.82) is 0 Å². The zero-order valence-corrected chi connectivity index (χ0v) is 13.6. The Hall–Kier alpha value is -2.70. The van der Waals surface area contributed by atoms with Gasteiger partial charge in [0.25, 0.3) is 6.02 Å². The molecular formula is C18H17F2N3O2. The number of fused-ring (bicyclic) bond motifs is 2. The summed E-state index contributed by atoms with van der Waals surface area (Å²) in [4.78, 5) is 8.74. The van der Waals surface area contributed by atoms with Gasteiger partial charge in [-0.1, -0.05) is 6.07 Å². The molecule has 0 saturated carbocycles. The molecule has 130 valence electrons. The van der Waals surface area contributed by atoms with Gasteiger partial charge in [0.1, 0.15) is 17.2 Å². The summed E-state index contributed by atoms with van der Waals surface area (Å²) >= 11 is 0. The van der Waals surface area contributed by atoms with Gasteiger partial charge in [-0.3, -0.25) is 0 Å². The smallest absolute Gasteiger partial charge is 0.282 e. The average molecular weight is 345 g/mol. The van der Waals surface area contributed by atoms with E-state index in [1.54, 1.807) is 13.3 Å². The molecule has 1 aromatic heterocycles. The van der Waals surface area contributed by atoms with Crippen molar-refractivity contribution in [2.75, 3.05) is 13.7 Å². The van der Waals surface area contributed by atoms with Crippen LogP contribution in [0.5, 0.6) is 5.88 Å². The highest BCUT2D eigenvalue weighted by Gasteiger charge is 2.49. The monoisotopic (exact) mass is 345 g/mol. The molecule has 0 unspecified atom stereocenters. The van der Waals surface area contributed by atoms with Crippen LogP contribution < -0.4 is 10.5 Å². The van der Waals surface area contributed by atoms with Crippen LogP contribution in [0.25, 0.3) is 0 Å². The lowest BCUT2D eigenvalue weighted by atomic mass is 9.67. The van der Waals surface area contributed by atoms with Gasteiger partial charge < -0.3 is 15.2 Å². The van der Waals surface area contributed by atoms with Crippen molar-refractivity contribution in [3.8, 4) is 5.88 Å². The Kier molecular flexibility index (Phi) is 3.59. The van der Waals surface area contributed by atoms with Crippen molar-refractivity contribution < 1.29 is 18.3 Å². The van der Waals surface area contributed by atoms with Gasteiger partial charge in [-0.2, -0.15) is 0 Å². The van der Waals surface area contributed by atoms with Crippen LogP contribution in [0.1, 0.15) is 16.7 Å². The van der Waals surface area contributed by atoms with Crippen LogP contribution in [-0.4, -0.2) is 24.7 Å². The van der Waals surface area contributed by atoms with E-state index in [4.69, 9.17) is 15.2 Å². The van der Waals surface area contributed by atoms with E-state index < -0.39 is 17.2 Å². The first-order valence-corrected chi connectivity index (χ1v) is 7.98. The third-order valence-corrected chi connectivity index (χ3v) is 5.03. The van der Waals surface area contributed by atoms with Crippen LogP contribution in [0.2, 0.25) is 0 Å². The summed E-state index contributed by atoms with van der Waals surface area (Å²) in [5.41, 5.74) is 7.09. The molecule has 7 heteroatoms. The van der Waals surface area contributed by atoms with Gasteiger partial charge in [0.15, 0.2) is 0 Å². The lowest BCUT2D eigenvalue weighted by Crippen LogP contribution is -2.49. The highest BCUT2D eigenvalue weighted by molar-refractivity contribution is 5.73. The fourth-order valence-electron chi connectivity index (χ4n) is 3.87. The molecule has 2 N–H and O–H groups in total. The SMILES string of the molecule is COc1nccc2c1C[C@]1(c3ccc(F)cc3F)N=C(N)OC[C@@H]1C2. The molecule has 2 atom stereocenters. The first-order valence-electron chi connectivity index (χ1n) is 7.98. The Balaban J connectivity index is 1.93. The van der Waals surface area contributed by atoms with Crippen LogP contribution >= 0.6 is 0 Å². The predicted molar refractivity (Wildman–Crippen MR) is 87.3 cm³/mol. The molecule has 4 rings (SSSR count). The van der Waals surface area contributed by atoms with E-state index in [1.165, 1.54) is 12.1 Å². The maximum absolute atomic E-state index is 14.6. The summed E-state index contributed by atoms with van der Waals surface area (Å²) in [6.45, 7) is 0.316. The summed E-state index contributed by atoms with van der Waals surface area (Å²) in [5.74, 6) is -0.916. The van der Waals surface area contributed by atoms with Gasteiger partial charge in [-0.25, -0.2) is 18.8 Å². The zero-order chi connectivity index (χ0) is 17.6. The molecule has 2 aromatic rings. The average Bonchev–Trinajstić information content (AvgIpc) is 2.59. The van der Waals surface area contributed by atoms with Crippen LogP contribution in [0.4, 0.5) is 8.78 Å². The summed E-state index contributed by atoms with van der Waals surface area (Å²) in [6.07, 6.45) is 2.66. The van der Waals surface area contributed by atoms with E-state index in [1.807, 2.05) is 6.07 Å². The molecule has 0 saturated heterocycles. The standard InChI is InChI=1S/C18H17F2N3O2/c1-24-16-13-8-18(14-3-2-12(19)7-15(14)20)11(9-25-17(21)23-18)6-10(13)4-5-22-16/h2-5,7,11H,6,8-9H2,1H3,(H2,21,23)/t11-,18-/m0/s1. The molecule has 0 spiro atoms. The first kappa shape index (κ1) is 15.8. The second kappa shape index (κ2) is 5.68. The minimum absolute atomic E-state index is 0.00582. The molecule has 1 aliphatic carbocycles. The lowest BCUT2D eigenvalue weighted by molar-refractivity contribution is 0.112. The number of halogens is 2. The molecule has 25 heavy (non-hydrogen) atoms. The minimum Gasteiger partial charge on any atom is -0.481 e. The highest BCUT2D eigenvalue weighted by Crippen LogP contribution is 2.48. The Morgan fingerprint density at radius 3 is 2.92 bits per heavy atom. The second-order valence-corrected chi connectivity index (χ2v) is 6.35. The van der Waals surface area contributed by atoms with E-state index in [0.29, 0.717) is 30.9 Å². The van der Waals surface area contributed by atoms with Gasteiger partial charge >= 0.3 is 0 Å². The van der Waals surface area contributed by atoms with Gasteiger partial charge in [-0.05, 0) is 24.1 Å². The maximum atomic E-state index is 14.6. The minimum atomic E-state index is -0.969. The summed E-state index contributed by atoms with van der Waals surface area (Å²) in [6, 6.07) is 5.48. The van der Waals surface area contributed by atoms with Crippen molar-refractivity contribution in [3.05, 3.63) is 58.8 Å². The van der Waals surface area contributed by atoms with Gasteiger partial charge in [0.05, 0.1) is 13.7 Å².